The maximum Gasteiger partial charge on any atom is 0.418 e. The molecule has 4 nitrogen and oxygen atoms in total. The highest BCUT2D eigenvalue weighted by Crippen LogP contribution is 2.53. The number of morpholine rings is 1. The molecule has 0 unspecified atom stereocenters. The molecule has 7 heteroatoms. The molecule has 3 aliphatic rings. The molecular formula is C17H19F3N2O2. The highest BCUT2D eigenvalue weighted by molar-refractivity contribution is 5.95. The van der Waals surface area contributed by atoms with Gasteiger partial charge in [0.1, 0.15) is 0 Å². The van der Waals surface area contributed by atoms with E-state index in [1.54, 1.807) is 0 Å². The van der Waals surface area contributed by atoms with Crippen molar-refractivity contribution in [1.29, 1.82) is 0 Å². The van der Waals surface area contributed by atoms with Crippen LogP contribution in [0.15, 0.2) is 18.5 Å². The van der Waals surface area contributed by atoms with Crippen LogP contribution in [0.5, 0.6) is 0 Å². The van der Waals surface area contributed by atoms with Gasteiger partial charge in [0, 0.05) is 18.9 Å². The topological polar surface area (TPSA) is 42.4 Å². The largest absolute Gasteiger partial charge is 0.418 e. The lowest BCUT2D eigenvalue weighted by Crippen LogP contribution is -2.56. The number of halogens is 3. The Morgan fingerprint density at radius 1 is 1.38 bits per heavy atom. The van der Waals surface area contributed by atoms with E-state index >= 15 is 0 Å². The fourth-order valence-electron chi connectivity index (χ4n) is 4.72. The van der Waals surface area contributed by atoms with Crippen molar-refractivity contribution in [2.75, 3.05) is 19.7 Å². The highest BCUT2D eigenvalue weighted by atomic mass is 19.4. The Labute approximate surface area is 138 Å². The van der Waals surface area contributed by atoms with E-state index in [9.17, 15) is 18.0 Å². The summed E-state index contributed by atoms with van der Waals surface area (Å²) >= 11 is 0. The molecule has 1 aromatic heterocycles. The van der Waals surface area contributed by atoms with Crippen molar-refractivity contribution in [3.05, 3.63) is 29.6 Å². The lowest BCUT2D eigenvalue weighted by atomic mass is 9.82. The zero-order valence-corrected chi connectivity index (χ0v) is 13.2. The second kappa shape index (κ2) is 5.44. The van der Waals surface area contributed by atoms with Crippen LogP contribution < -0.4 is 0 Å². The van der Waals surface area contributed by atoms with E-state index in [4.69, 9.17) is 4.74 Å². The summed E-state index contributed by atoms with van der Waals surface area (Å²) < 4.78 is 45.5. The third kappa shape index (κ3) is 2.49. The van der Waals surface area contributed by atoms with Gasteiger partial charge in [-0.1, -0.05) is 0 Å². The van der Waals surface area contributed by atoms with Crippen molar-refractivity contribution in [2.24, 2.45) is 11.8 Å². The Kier molecular flexibility index (Phi) is 3.60. The molecule has 1 saturated heterocycles. The minimum absolute atomic E-state index is 0.322. The molecule has 2 heterocycles. The number of hydrogen-bond donors (Lipinski definition) is 0. The average molecular weight is 340 g/mol. The Hall–Kier alpha value is -1.63. The van der Waals surface area contributed by atoms with E-state index in [0.717, 1.165) is 31.5 Å². The van der Waals surface area contributed by atoms with Crippen LogP contribution in [-0.2, 0) is 10.9 Å². The highest BCUT2D eigenvalue weighted by Gasteiger charge is 2.54. The number of pyridine rings is 1. The third-order valence-corrected chi connectivity index (χ3v) is 5.77. The number of nitrogens with zero attached hydrogens (tertiary/aromatic N) is 2. The first kappa shape index (κ1) is 15.9. The fourth-order valence-corrected chi connectivity index (χ4v) is 4.72. The summed E-state index contributed by atoms with van der Waals surface area (Å²) in [4.78, 5) is 17.8. The maximum absolute atomic E-state index is 13.2. The van der Waals surface area contributed by atoms with E-state index in [1.807, 2.05) is 0 Å². The Bertz CT molecular complexity index is 663. The van der Waals surface area contributed by atoms with Crippen LogP contribution in [0.1, 0.15) is 41.6 Å². The summed E-state index contributed by atoms with van der Waals surface area (Å²) in [5, 5.41) is 0. The molecule has 4 rings (SSSR count). The van der Waals surface area contributed by atoms with Crippen molar-refractivity contribution in [2.45, 2.75) is 37.5 Å². The molecule has 2 aliphatic carbocycles. The molecule has 130 valence electrons. The van der Waals surface area contributed by atoms with Crippen molar-refractivity contribution < 1.29 is 22.7 Å². The molecule has 2 saturated carbocycles. The summed E-state index contributed by atoms with van der Waals surface area (Å²) in [7, 11) is 0. The summed E-state index contributed by atoms with van der Waals surface area (Å²) in [6, 6.07) is 1.16. The number of ether oxygens (including phenoxy) is 1. The van der Waals surface area contributed by atoms with Gasteiger partial charge in [-0.25, -0.2) is 0 Å². The third-order valence-electron chi connectivity index (χ3n) is 5.77. The lowest BCUT2D eigenvalue weighted by Gasteiger charge is -2.45. The molecule has 3 atom stereocenters. The average Bonchev–Trinajstić information content (AvgIpc) is 3.14. The van der Waals surface area contributed by atoms with Crippen LogP contribution in [0.4, 0.5) is 13.2 Å². The summed E-state index contributed by atoms with van der Waals surface area (Å²) in [6.07, 6.45) is 1.70. The zero-order valence-electron chi connectivity index (χ0n) is 13.2. The Morgan fingerprint density at radius 2 is 2.21 bits per heavy atom. The number of carbonyl (C=O) groups excluding carboxylic acids is 1. The van der Waals surface area contributed by atoms with Crippen LogP contribution >= 0.6 is 0 Å². The second-order valence-corrected chi connectivity index (χ2v) is 7.14. The monoisotopic (exact) mass is 340 g/mol. The van der Waals surface area contributed by atoms with Gasteiger partial charge in [-0.05, 0) is 43.6 Å². The minimum Gasteiger partial charge on any atom is -0.371 e. The number of aromatic nitrogens is 1. The van der Waals surface area contributed by atoms with Gasteiger partial charge in [0.25, 0.3) is 5.91 Å². The molecule has 1 spiro atoms. The molecule has 0 radical (unpaired) electrons. The number of rotatable bonds is 1. The molecule has 0 N–H and O–H groups in total. The van der Waals surface area contributed by atoms with Gasteiger partial charge in [-0.15, -0.1) is 0 Å². The fraction of sp³-hybridized carbons (Fsp3) is 0.647. The Balaban J connectivity index is 1.59. The van der Waals surface area contributed by atoms with Crippen molar-refractivity contribution in [3.8, 4) is 0 Å². The SMILES string of the molecule is O=C(c1ccncc1C(F)(F)F)N1CCO[C@@]2(C[C@H]3CC[C@H]2C3)C1. The summed E-state index contributed by atoms with van der Waals surface area (Å²) in [5.41, 5.74) is -1.64. The zero-order chi connectivity index (χ0) is 16.9. The van der Waals surface area contributed by atoms with Gasteiger partial charge in [0.15, 0.2) is 0 Å². The smallest absolute Gasteiger partial charge is 0.371 e. The van der Waals surface area contributed by atoms with Gasteiger partial charge in [0.2, 0.25) is 0 Å². The molecule has 24 heavy (non-hydrogen) atoms. The molecular weight excluding hydrogens is 321 g/mol. The molecule has 0 aromatic carbocycles. The number of alkyl halides is 3. The van der Waals surface area contributed by atoms with E-state index in [-0.39, 0.29) is 11.2 Å². The molecule has 1 aliphatic heterocycles. The standard InChI is InChI=1S/C17H19F3N2O2/c18-17(19,20)14-9-21-4-3-13(14)15(23)22-5-6-24-16(10-22)8-11-1-2-12(16)7-11/h3-4,9,11-12H,1-2,5-8,10H2/t11-,12-,16-/m0/s1. The van der Waals surface area contributed by atoms with Crippen LogP contribution in [-0.4, -0.2) is 41.1 Å². The maximum atomic E-state index is 13.2. The van der Waals surface area contributed by atoms with Crippen molar-refractivity contribution in [1.82, 2.24) is 9.88 Å². The predicted octanol–water partition coefficient (Wildman–Crippen LogP) is 3.13. The van der Waals surface area contributed by atoms with E-state index in [2.05, 4.69) is 4.98 Å². The van der Waals surface area contributed by atoms with Crippen LogP contribution in [0.2, 0.25) is 0 Å². The number of amides is 1. The van der Waals surface area contributed by atoms with Crippen molar-refractivity contribution in [3.63, 3.8) is 0 Å². The van der Waals surface area contributed by atoms with Gasteiger partial charge < -0.3 is 9.64 Å². The first-order valence-electron chi connectivity index (χ1n) is 8.33. The van der Waals surface area contributed by atoms with Gasteiger partial charge >= 0.3 is 6.18 Å². The number of fused-ring (bicyclic) bond motifs is 3. The summed E-state index contributed by atoms with van der Waals surface area (Å²) in [6.45, 7) is 1.12. The molecule has 1 aromatic rings. The number of carbonyl (C=O) groups is 1. The van der Waals surface area contributed by atoms with Crippen LogP contribution in [0.25, 0.3) is 0 Å². The van der Waals surface area contributed by atoms with E-state index in [1.165, 1.54) is 17.5 Å². The number of hydrogen-bond acceptors (Lipinski definition) is 3. The minimum atomic E-state index is -4.59. The van der Waals surface area contributed by atoms with Crippen LogP contribution in [0, 0.1) is 11.8 Å². The van der Waals surface area contributed by atoms with Gasteiger partial charge in [-0.3, -0.25) is 9.78 Å². The second-order valence-electron chi connectivity index (χ2n) is 7.14. The van der Waals surface area contributed by atoms with Gasteiger partial charge in [-0.2, -0.15) is 13.2 Å². The summed E-state index contributed by atoms with van der Waals surface area (Å²) in [5.74, 6) is 0.490. The molecule has 3 fully saturated rings. The Morgan fingerprint density at radius 3 is 2.88 bits per heavy atom. The normalized spacial score (nSPS) is 32.5. The van der Waals surface area contributed by atoms with Crippen LogP contribution in [0.3, 0.4) is 0 Å². The van der Waals surface area contributed by atoms with E-state index in [0.29, 0.717) is 31.5 Å². The van der Waals surface area contributed by atoms with Crippen molar-refractivity contribution >= 4 is 5.91 Å². The predicted molar refractivity (Wildman–Crippen MR) is 79.3 cm³/mol. The first-order valence-corrected chi connectivity index (χ1v) is 8.33. The van der Waals surface area contributed by atoms with E-state index < -0.39 is 17.6 Å². The quantitative estimate of drug-likeness (QED) is 0.789. The molecule has 1 amide bonds. The van der Waals surface area contributed by atoms with Gasteiger partial charge in [0.05, 0.1) is 29.9 Å². The molecule has 2 bridgehead atoms. The lowest BCUT2D eigenvalue weighted by molar-refractivity contribution is -0.139. The first-order chi connectivity index (χ1) is 11.4.